The lowest BCUT2D eigenvalue weighted by atomic mass is 10.0. The Balaban J connectivity index is 3.16. The van der Waals surface area contributed by atoms with Crippen LogP contribution in [0.25, 0.3) is 0 Å². The molecule has 0 saturated heterocycles. The van der Waals surface area contributed by atoms with Crippen molar-refractivity contribution in [2.24, 2.45) is 16.5 Å². The summed E-state index contributed by atoms with van der Waals surface area (Å²) >= 11 is 0. The highest BCUT2D eigenvalue weighted by Gasteiger charge is 2.02. The average molecular weight is 271 g/mol. The van der Waals surface area contributed by atoms with Crippen LogP contribution in [0.3, 0.4) is 0 Å². The second-order valence-corrected chi connectivity index (χ2v) is 5.39. The highest BCUT2D eigenvalue weighted by molar-refractivity contribution is 5.75. The molecule has 0 aliphatic rings. The minimum Gasteiger partial charge on any atom is -0.391 e. The van der Waals surface area contributed by atoms with E-state index < -0.39 is 6.10 Å². The number of aliphatic hydroxyl groups is 1. The average Bonchev–Trinajstić information content (AvgIpc) is 2.38. The standard InChI is InChI=1S/C15H33N3O/c1-2-3-4-5-6-7-8-9-10-11-12-14(19)13-18-15(16)17/h14,19H,2-13H2,1H3,(H4,16,17,18). The van der Waals surface area contributed by atoms with Crippen LogP contribution in [-0.4, -0.2) is 23.7 Å². The van der Waals surface area contributed by atoms with E-state index in [1.165, 1.54) is 57.8 Å². The van der Waals surface area contributed by atoms with E-state index in [0.717, 1.165) is 12.8 Å². The Morgan fingerprint density at radius 2 is 1.37 bits per heavy atom. The molecule has 0 saturated carbocycles. The number of nitrogens with two attached hydrogens (primary N) is 2. The molecule has 0 rings (SSSR count). The Hall–Kier alpha value is -0.770. The predicted molar refractivity (Wildman–Crippen MR) is 83.1 cm³/mol. The minimum absolute atomic E-state index is 0.0575. The second kappa shape index (κ2) is 13.7. The molecular formula is C15H33N3O. The van der Waals surface area contributed by atoms with E-state index in [-0.39, 0.29) is 5.96 Å². The van der Waals surface area contributed by atoms with Crippen LogP contribution in [0.5, 0.6) is 0 Å². The van der Waals surface area contributed by atoms with Crippen molar-refractivity contribution in [3.63, 3.8) is 0 Å². The van der Waals surface area contributed by atoms with E-state index in [9.17, 15) is 5.11 Å². The highest BCUT2D eigenvalue weighted by atomic mass is 16.3. The van der Waals surface area contributed by atoms with Gasteiger partial charge in [0.25, 0.3) is 0 Å². The Morgan fingerprint density at radius 1 is 0.895 bits per heavy atom. The van der Waals surface area contributed by atoms with Crippen molar-refractivity contribution in [3.05, 3.63) is 0 Å². The monoisotopic (exact) mass is 271 g/mol. The van der Waals surface area contributed by atoms with Crippen LogP contribution in [0.2, 0.25) is 0 Å². The number of hydrogen-bond acceptors (Lipinski definition) is 2. The van der Waals surface area contributed by atoms with Gasteiger partial charge >= 0.3 is 0 Å². The summed E-state index contributed by atoms with van der Waals surface area (Å²) in [5.74, 6) is 0.0575. The van der Waals surface area contributed by atoms with E-state index in [4.69, 9.17) is 11.5 Å². The molecule has 114 valence electrons. The fourth-order valence-corrected chi connectivity index (χ4v) is 2.17. The third-order valence-corrected chi connectivity index (χ3v) is 3.38. The van der Waals surface area contributed by atoms with Gasteiger partial charge in [0.2, 0.25) is 0 Å². The first-order chi connectivity index (χ1) is 9.16. The summed E-state index contributed by atoms with van der Waals surface area (Å²) in [6.07, 6.45) is 13.5. The van der Waals surface area contributed by atoms with Crippen LogP contribution >= 0.6 is 0 Å². The largest absolute Gasteiger partial charge is 0.391 e. The van der Waals surface area contributed by atoms with E-state index in [1.54, 1.807) is 0 Å². The SMILES string of the molecule is CCCCCCCCCCCCC(O)CN=C(N)N. The molecule has 0 aromatic rings. The lowest BCUT2D eigenvalue weighted by Gasteiger charge is -2.07. The van der Waals surface area contributed by atoms with Crippen LogP contribution in [0, 0.1) is 0 Å². The highest BCUT2D eigenvalue weighted by Crippen LogP contribution is 2.12. The van der Waals surface area contributed by atoms with Gasteiger partial charge in [-0.15, -0.1) is 0 Å². The van der Waals surface area contributed by atoms with Crippen LogP contribution in [-0.2, 0) is 0 Å². The van der Waals surface area contributed by atoms with Crippen molar-refractivity contribution in [3.8, 4) is 0 Å². The third kappa shape index (κ3) is 15.2. The van der Waals surface area contributed by atoms with Crippen molar-refractivity contribution in [2.75, 3.05) is 6.54 Å². The lowest BCUT2D eigenvalue weighted by Crippen LogP contribution is -2.25. The summed E-state index contributed by atoms with van der Waals surface area (Å²) < 4.78 is 0. The van der Waals surface area contributed by atoms with Gasteiger partial charge in [0.15, 0.2) is 5.96 Å². The van der Waals surface area contributed by atoms with Gasteiger partial charge in [0.1, 0.15) is 0 Å². The molecule has 1 atom stereocenters. The van der Waals surface area contributed by atoms with Crippen molar-refractivity contribution in [1.82, 2.24) is 0 Å². The van der Waals surface area contributed by atoms with Gasteiger partial charge in [0, 0.05) is 0 Å². The van der Waals surface area contributed by atoms with Crippen molar-refractivity contribution < 1.29 is 5.11 Å². The molecule has 19 heavy (non-hydrogen) atoms. The molecule has 0 fully saturated rings. The first-order valence-electron chi connectivity index (χ1n) is 7.90. The summed E-state index contributed by atoms with van der Waals surface area (Å²) in [5, 5.41) is 9.60. The normalized spacial score (nSPS) is 12.3. The molecule has 0 aliphatic carbocycles. The first kappa shape index (κ1) is 18.2. The number of aliphatic hydroxyl groups excluding tert-OH is 1. The Bertz CT molecular complexity index is 215. The first-order valence-corrected chi connectivity index (χ1v) is 7.90. The van der Waals surface area contributed by atoms with Crippen LogP contribution in [0.1, 0.15) is 77.6 Å². The van der Waals surface area contributed by atoms with Crippen molar-refractivity contribution in [2.45, 2.75) is 83.7 Å². The third-order valence-electron chi connectivity index (χ3n) is 3.38. The molecule has 5 N–H and O–H groups in total. The number of rotatable bonds is 13. The van der Waals surface area contributed by atoms with Gasteiger partial charge in [-0.2, -0.15) is 0 Å². The van der Waals surface area contributed by atoms with Gasteiger partial charge in [0.05, 0.1) is 12.6 Å². The fraction of sp³-hybridized carbons (Fsp3) is 0.933. The van der Waals surface area contributed by atoms with Gasteiger partial charge in [-0.1, -0.05) is 71.1 Å². The smallest absolute Gasteiger partial charge is 0.185 e. The van der Waals surface area contributed by atoms with Crippen LogP contribution in [0.15, 0.2) is 4.99 Å². The summed E-state index contributed by atoms with van der Waals surface area (Å²) in [7, 11) is 0. The molecule has 0 radical (unpaired) electrons. The zero-order chi connectivity index (χ0) is 14.3. The maximum Gasteiger partial charge on any atom is 0.185 e. The van der Waals surface area contributed by atoms with E-state index in [2.05, 4.69) is 11.9 Å². The van der Waals surface area contributed by atoms with Gasteiger partial charge in [-0.3, -0.25) is 4.99 Å². The lowest BCUT2D eigenvalue weighted by molar-refractivity contribution is 0.169. The van der Waals surface area contributed by atoms with E-state index in [0.29, 0.717) is 6.54 Å². The summed E-state index contributed by atoms with van der Waals surface area (Å²) in [5.41, 5.74) is 10.4. The number of guanidine groups is 1. The molecule has 0 heterocycles. The van der Waals surface area contributed by atoms with Crippen LogP contribution < -0.4 is 11.5 Å². The molecule has 0 spiro atoms. The number of hydrogen-bond donors (Lipinski definition) is 3. The molecule has 4 nitrogen and oxygen atoms in total. The Labute approximate surface area is 118 Å². The quantitative estimate of drug-likeness (QED) is 0.273. The van der Waals surface area contributed by atoms with E-state index >= 15 is 0 Å². The molecule has 0 amide bonds. The van der Waals surface area contributed by atoms with Gasteiger partial charge in [-0.25, -0.2) is 0 Å². The molecule has 0 aromatic carbocycles. The van der Waals surface area contributed by atoms with E-state index in [1.807, 2.05) is 0 Å². The zero-order valence-corrected chi connectivity index (χ0v) is 12.6. The van der Waals surface area contributed by atoms with Gasteiger partial charge in [-0.05, 0) is 6.42 Å². The molecule has 4 heteroatoms. The number of aliphatic imine (C=N–C) groups is 1. The number of unbranched alkanes of at least 4 members (excludes halogenated alkanes) is 9. The predicted octanol–water partition coefficient (Wildman–Crippen LogP) is 2.93. The molecular weight excluding hydrogens is 238 g/mol. The van der Waals surface area contributed by atoms with Crippen molar-refractivity contribution >= 4 is 5.96 Å². The molecule has 0 aromatic heterocycles. The fourth-order valence-electron chi connectivity index (χ4n) is 2.17. The Kier molecular flexibility index (Phi) is 13.1. The molecule has 0 bridgehead atoms. The minimum atomic E-state index is -0.392. The summed E-state index contributed by atoms with van der Waals surface area (Å²) in [4.78, 5) is 3.81. The number of nitrogens with zero attached hydrogens (tertiary/aromatic N) is 1. The van der Waals surface area contributed by atoms with Crippen molar-refractivity contribution in [1.29, 1.82) is 0 Å². The molecule has 0 aliphatic heterocycles. The maximum absolute atomic E-state index is 9.60. The summed E-state index contributed by atoms with van der Waals surface area (Å²) in [6, 6.07) is 0. The second-order valence-electron chi connectivity index (χ2n) is 5.39. The molecule has 1 unspecified atom stereocenters. The Morgan fingerprint density at radius 3 is 1.84 bits per heavy atom. The zero-order valence-electron chi connectivity index (χ0n) is 12.6. The van der Waals surface area contributed by atoms with Crippen LogP contribution in [0.4, 0.5) is 0 Å². The maximum atomic E-state index is 9.60. The van der Waals surface area contributed by atoms with Gasteiger partial charge < -0.3 is 16.6 Å². The summed E-state index contributed by atoms with van der Waals surface area (Å²) in [6.45, 7) is 2.58. The topological polar surface area (TPSA) is 84.6 Å².